The van der Waals surface area contributed by atoms with Crippen LogP contribution in [0.1, 0.15) is 48.0 Å². The molecule has 3 heterocycles. The second kappa shape index (κ2) is 10.5. The van der Waals surface area contributed by atoms with Gasteiger partial charge in [-0.25, -0.2) is 4.98 Å². The minimum Gasteiger partial charge on any atom is -0.497 e. The molecule has 170 valence electrons. The lowest BCUT2D eigenvalue weighted by atomic mass is 10.1. The summed E-state index contributed by atoms with van der Waals surface area (Å²) in [6.07, 6.45) is 6.64. The number of piperidine rings is 1. The van der Waals surface area contributed by atoms with Gasteiger partial charge < -0.3 is 19.3 Å². The molecule has 0 radical (unpaired) electrons. The summed E-state index contributed by atoms with van der Waals surface area (Å²) in [5.41, 5.74) is 1.62. The van der Waals surface area contributed by atoms with Gasteiger partial charge in [-0.3, -0.25) is 9.59 Å². The van der Waals surface area contributed by atoms with Crippen molar-refractivity contribution < 1.29 is 19.1 Å². The largest absolute Gasteiger partial charge is 0.497 e. The zero-order valence-corrected chi connectivity index (χ0v) is 18.7. The smallest absolute Gasteiger partial charge is 0.259 e. The van der Waals surface area contributed by atoms with E-state index in [0.717, 1.165) is 43.7 Å². The van der Waals surface area contributed by atoms with Crippen LogP contribution in [0.4, 0.5) is 0 Å². The maximum atomic E-state index is 13.0. The first-order valence-electron chi connectivity index (χ1n) is 11.5. The SMILES string of the molecule is COc1ccc(CCC(=O)N2CCC(Oc3ncccc3C(=O)N3CCCCC3)C2)cc1. The summed E-state index contributed by atoms with van der Waals surface area (Å²) in [6, 6.07) is 11.4. The van der Waals surface area contributed by atoms with E-state index in [2.05, 4.69) is 4.98 Å². The van der Waals surface area contributed by atoms with Crippen molar-refractivity contribution >= 4 is 11.8 Å². The van der Waals surface area contributed by atoms with Crippen molar-refractivity contribution in [1.82, 2.24) is 14.8 Å². The number of aryl methyl sites for hydroxylation is 1. The fourth-order valence-electron chi connectivity index (χ4n) is 4.33. The Balaban J connectivity index is 1.31. The molecule has 0 spiro atoms. The van der Waals surface area contributed by atoms with E-state index >= 15 is 0 Å². The fourth-order valence-corrected chi connectivity index (χ4v) is 4.33. The van der Waals surface area contributed by atoms with Gasteiger partial charge in [0.15, 0.2) is 0 Å². The van der Waals surface area contributed by atoms with Crippen LogP contribution in [0.15, 0.2) is 42.6 Å². The van der Waals surface area contributed by atoms with Crippen LogP contribution in [-0.4, -0.2) is 66.0 Å². The maximum absolute atomic E-state index is 13.0. The second-order valence-electron chi connectivity index (χ2n) is 8.43. The third kappa shape index (κ3) is 5.39. The number of methoxy groups -OCH3 is 1. The van der Waals surface area contributed by atoms with Gasteiger partial charge in [-0.05, 0) is 55.5 Å². The molecule has 7 nitrogen and oxygen atoms in total. The number of nitrogens with zero attached hydrogens (tertiary/aromatic N) is 3. The van der Waals surface area contributed by atoms with Gasteiger partial charge in [0.25, 0.3) is 5.91 Å². The number of benzene rings is 1. The standard InChI is InChI=1S/C25H31N3O4/c1-31-20-10-7-19(8-11-20)9-12-23(29)28-17-13-21(18-28)32-24-22(6-5-14-26-24)25(30)27-15-3-2-4-16-27/h5-8,10-11,14,21H,2-4,9,12-13,15-18H2,1H3. The Kier molecular flexibility index (Phi) is 7.24. The summed E-state index contributed by atoms with van der Waals surface area (Å²) in [4.78, 5) is 33.7. The van der Waals surface area contributed by atoms with E-state index in [1.54, 1.807) is 25.4 Å². The third-order valence-electron chi connectivity index (χ3n) is 6.21. The zero-order valence-electron chi connectivity index (χ0n) is 18.7. The second-order valence-corrected chi connectivity index (χ2v) is 8.43. The molecule has 1 aromatic carbocycles. The lowest BCUT2D eigenvalue weighted by Crippen LogP contribution is -2.36. The number of hydrogen-bond acceptors (Lipinski definition) is 5. The molecule has 0 bridgehead atoms. The number of ether oxygens (including phenoxy) is 2. The molecule has 1 unspecified atom stereocenters. The van der Waals surface area contributed by atoms with Crippen LogP contribution in [-0.2, 0) is 11.2 Å². The lowest BCUT2D eigenvalue weighted by Gasteiger charge is -2.27. The number of likely N-dealkylation sites (tertiary alicyclic amines) is 2. The van der Waals surface area contributed by atoms with Gasteiger partial charge in [0.2, 0.25) is 11.8 Å². The number of amides is 2. The molecule has 2 saturated heterocycles. The number of rotatable bonds is 7. The van der Waals surface area contributed by atoms with E-state index < -0.39 is 0 Å². The van der Waals surface area contributed by atoms with Crippen molar-refractivity contribution in [2.45, 2.75) is 44.6 Å². The van der Waals surface area contributed by atoms with Crippen molar-refractivity contribution in [2.24, 2.45) is 0 Å². The van der Waals surface area contributed by atoms with Crippen molar-refractivity contribution in [2.75, 3.05) is 33.3 Å². The van der Waals surface area contributed by atoms with Crippen molar-refractivity contribution in [3.05, 3.63) is 53.7 Å². The molecular formula is C25H31N3O4. The molecule has 1 aromatic heterocycles. The van der Waals surface area contributed by atoms with Crippen LogP contribution in [0.3, 0.4) is 0 Å². The molecule has 32 heavy (non-hydrogen) atoms. The fraction of sp³-hybridized carbons (Fsp3) is 0.480. The monoisotopic (exact) mass is 437 g/mol. The highest BCUT2D eigenvalue weighted by molar-refractivity contribution is 5.96. The first-order chi connectivity index (χ1) is 15.6. The van der Waals surface area contributed by atoms with Crippen LogP contribution in [0, 0.1) is 0 Å². The van der Waals surface area contributed by atoms with E-state index in [-0.39, 0.29) is 17.9 Å². The van der Waals surface area contributed by atoms with Gasteiger partial charge in [0.1, 0.15) is 17.4 Å². The van der Waals surface area contributed by atoms with Gasteiger partial charge in [-0.1, -0.05) is 12.1 Å². The molecule has 0 aliphatic carbocycles. The van der Waals surface area contributed by atoms with Crippen LogP contribution in [0.25, 0.3) is 0 Å². The number of pyridine rings is 1. The van der Waals surface area contributed by atoms with Crippen LogP contribution in [0.2, 0.25) is 0 Å². The Morgan fingerprint density at radius 2 is 1.81 bits per heavy atom. The molecule has 0 saturated carbocycles. The quantitative estimate of drug-likeness (QED) is 0.664. The van der Waals surface area contributed by atoms with Gasteiger partial charge in [-0.15, -0.1) is 0 Å². The Hall–Kier alpha value is -3.09. The van der Waals surface area contributed by atoms with Crippen molar-refractivity contribution in [3.8, 4) is 11.6 Å². The van der Waals surface area contributed by atoms with Crippen LogP contribution >= 0.6 is 0 Å². The first-order valence-corrected chi connectivity index (χ1v) is 11.5. The Labute approximate surface area is 189 Å². The molecule has 2 amide bonds. The maximum Gasteiger partial charge on any atom is 0.259 e. The molecule has 1 atom stereocenters. The van der Waals surface area contributed by atoms with Gasteiger partial charge in [0, 0.05) is 38.7 Å². The molecule has 4 rings (SSSR count). The molecular weight excluding hydrogens is 406 g/mol. The summed E-state index contributed by atoms with van der Waals surface area (Å²) < 4.78 is 11.3. The van der Waals surface area contributed by atoms with Crippen LogP contribution < -0.4 is 9.47 Å². The average molecular weight is 438 g/mol. The van der Waals surface area contributed by atoms with Crippen LogP contribution in [0.5, 0.6) is 11.6 Å². The number of aromatic nitrogens is 1. The first kappa shape index (κ1) is 22.1. The summed E-state index contributed by atoms with van der Waals surface area (Å²) in [6.45, 7) is 2.75. The van der Waals surface area contributed by atoms with Gasteiger partial charge >= 0.3 is 0 Å². The van der Waals surface area contributed by atoms with E-state index in [0.29, 0.717) is 37.4 Å². The molecule has 2 aromatic rings. The number of carbonyl (C=O) groups excluding carboxylic acids is 2. The molecule has 7 heteroatoms. The summed E-state index contributed by atoms with van der Waals surface area (Å²) >= 11 is 0. The minimum absolute atomic E-state index is 0.0155. The van der Waals surface area contributed by atoms with E-state index in [1.165, 1.54) is 6.42 Å². The molecule has 2 aliphatic heterocycles. The predicted molar refractivity (Wildman–Crippen MR) is 121 cm³/mol. The lowest BCUT2D eigenvalue weighted by molar-refractivity contribution is -0.130. The summed E-state index contributed by atoms with van der Waals surface area (Å²) in [5, 5.41) is 0. The van der Waals surface area contributed by atoms with E-state index in [1.807, 2.05) is 34.1 Å². The third-order valence-corrected chi connectivity index (χ3v) is 6.21. The molecule has 0 N–H and O–H groups in total. The van der Waals surface area contributed by atoms with Crippen molar-refractivity contribution in [3.63, 3.8) is 0 Å². The van der Waals surface area contributed by atoms with Gasteiger partial charge in [-0.2, -0.15) is 0 Å². The highest BCUT2D eigenvalue weighted by atomic mass is 16.5. The van der Waals surface area contributed by atoms with Crippen molar-refractivity contribution in [1.29, 1.82) is 0 Å². The van der Waals surface area contributed by atoms with Gasteiger partial charge in [0.05, 0.1) is 13.7 Å². The highest BCUT2D eigenvalue weighted by Crippen LogP contribution is 2.24. The Morgan fingerprint density at radius 3 is 2.56 bits per heavy atom. The van der Waals surface area contributed by atoms with E-state index in [9.17, 15) is 9.59 Å². The molecule has 2 aliphatic rings. The highest BCUT2D eigenvalue weighted by Gasteiger charge is 2.29. The molecule has 2 fully saturated rings. The minimum atomic E-state index is -0.150. The average Bonchev–Trinajstić information content (AvgIpc) is 3.32. The number of hydrogen-bond donors (Lipinski definition) is 0. The number of carbonyl (C=O) groups is 2. The van der Waals surface area contributed by atoms with E-state index in [4.69, 9.17) is 9.47 Å². The predicted octanol–water partition coefficient (Wildman–Crippen LogP) is 3.33. The summed E-state index contributed by atoms with van der Waals surface area (Å²) in [5.74, 6) is 1.30. The topological polar surface area (TPSA) is 72.0 Å². The Morgan fingerprint density at radius 1 is 1.03 bits per heavy atom. The Bertz CT molecular complexity index is 925. The normalized spacial score (nSPS) is 18.5. The zero-order chi connectivity index (χ0) is 22.3. The summed E-state index contributed by atoms with van der Waals surface area (Å²) in [7, 11) is 1.64.